The Hall–Kier alpha value is -2.80. The second-order valence-corrected chi connectivity index (χ2v) is 6.11. The molecule has 6 nitrogen and oxygen atoms in total. The van der Waals surface area contributed by atoms with Crippen LogP contribution in [0, 0.1) is 0 Å². The summed E-state index contributed by atoms with van der Waals surface area (Å²) in [6.45, 7) is 4.06. The first-order valence-electron chi connectivity index (χ1n) is 7.53. The monoisotopic (exact) mass is 356 g/mol. The maximum Gasteiger partial charge on any atom is 0.374 e. The van der Waals surface area contributed by atoms with Gasteiger partial charge < -0.3 is 9.15 Å². The molecule has 1 aromatic carbocycles. The van der Waals surface area contributed by atoms with Crippen LogP contribution < -0.4 is 5.56 Å². The second-order valence-electron chi connectivity index (χ2n) is 5.17. The van der Waals surface area contributed by atoms with E-state index in [1.54, 1.807) is 28.8 Å². The average molecular weight is 356 g/mol. The summed E-state index contributed by atoms with van der Waals surface area (Å²) in [6, 6.07) is 8.91. The molecule has 0 aliphatic heterocycles. The van der Waals surface area contributed by atoms with Crippen molar-refractivity contribution in [3.8, 4) is 0 Å². The first-order valence-corrected chi connectivity index (χ1v) is 8.52. The lowest BCUT2D eigenvalue weighted by Crippen LogP contribution is -2.22. The average Bonchev–Trinajstić information content (AvgIpc) is 3.10. The fourth-order valence-electron chi connectivity index (χ4n) is 2.41. The van der Waals surface area contributed by atoms with E-state index in [0.29, 0.717) is 33.9 Å². The Labute approximate surface area is 148 Å². The molecule has 2 heterocycles. The summed E-state index contributed by atoms with van der Waals surface area (Å²) in [5.41, 5.74) is 1.20. The van der Waals surface area contributed by atoms with Crippen molar-refractivity contribution in [1.29, 1.82) is 0 Å². The number of hydrogen-bond donors (Lipinski definition) is 0. The number of methoxy groups -OCH3 is 1. The molecule has 0 saturated carbocycles. The zero-order valence-corrected chi connectivity index (χ0v) is 14.4. The predicted octanol–water partition coefficient (Wildman–Crippen LogP) is 3.25. The van der Waals surface area contributed by atoms with Gasteiger partial charge >= 0.3 is 5.97 Å². The Morgan fingerprint density at radius 2 is 2.20 bits per heavy atom. The van der Waals surface area contributed by atoms with Gasteiger partial charge in [0.2, 0.25) is 5.76 Å². The lowest BCUT2D eigenvalue weighted by Gasteiger charge is -2.11. The van der Waals surface area contributed by atoms with Crippen LogP contribution in [0.15, 0.2) is 63.6 Å². The molecule has 3 aromatic rings. The van der Waals surface area contributed by atoms with Gasteiger partial charge in [-0.05, 0) is 18.2 Å². The number of fused-ring (bicyclic) bond motifs is 1. The van der Waals surface area contributed by atoms with E-state index in [-0.39, 0.29) is 11.3 Å². The minimum absolute atomic E-state index is 0.117. The molecule has 0 fully saturated rings. The van der Waals surface area contributed by atoms with E-state index in [9.17, 15) is 9.59 Å². The third kappa shape index (κ3) is 3.36. The van der Waals surface area contributed by atoms with Gasteiger partial charge in [0.25, 0.3) is 5.56 Å². The molecule has 0 radical (unpaired) electrons. The van der Waals surface area contributed by atoms with Gasteiger partial charge in [-0.2, -0.15) is 0 Å². The van der Waals surface area contributed by atoms with E-state index in [4.69, 9.17) is 9.15 Å². The number of para-hydroxylation sites is 1. The molecule has 0 saturated heterocycles. The number of carbonyl (C=O) groups is 1. The summed E-state index contributed by atoms with van der Waals surface area (Å²) < 4.78 is 11.5. The Balaban J connectivity index is 1.97. The summed E-state index contributed by atoms with van der Waals surface area (Å²) in [4.78, 5) is 29.0. The fraction of sp³-hybridized carbons (Fsp3) is 0.167. The number of hydrogen-bond acceptors (Lipinski definition) is 6. The third-order valence-corrected chi connectivity index (χ3v) is 4.64. The van der Waals surface area contributed by atoms with Crippen molar-refractivity contribution < 1.29 is 13.9 Å². The molecule has 0 spiro atoms. The highest BCUT2D eigenvalue weighted by Gasteiger charge is 2.17. The molecule has 0 bridgehead atoms. The Bertz CT molecular complexity index is 990. The van der Waals surface area contributed by atoms with Crippen LogP contribution in [0.3, 0.4) is 0 Å². The molecule has 0 aliphatic rings. The van der Waals surface area contributed by atoms with E-state index in [0.717, 1.165) is 0 Å². The quantitative estimate of drug-likeness (QED) is 0.292. The molecule has 0 aliphatic carbocycles. The summed E-state index contributed by atoms with van der Waals surface area (Å²) in [7, 11) is 1.30. The number of benzene rings is 1. The van der Waals surface area contributed by atoms with Crippen LogP contribution in [0.2, 0.25) is 0 Å². The van der Waals surface area contributed by atoms with Gasteiger partial charge in [-0.25, -0.2) is 9.78 Å². The molecule has 0 unspecified atom stereocenters. The summed E-state index contributed by atoms with van der Waals surface area (Å²) >= 11 is 1.35. The highest BCUT2D eigenvalue weighted by atomic mass is 32.2. The fourth-order valence-corrected chi connectivity index (χ4v) is 3.40. The molecule has 0 atom stereocenters. The molecule has 0 N–H and O–H groups in total. The SMILES string of the molecule is C=CCn1c(SCc2ccoc2C(=O)OC)nc2ccccc2c1=O. The van der Waals surface area contributed by atoms with Crippen molar-refractivity contribution in [2.45, 2.75) is 17.5 Å². The number of thioether (sulfide) groups is 1. The van der Waals surface area contributed by atoms with Crippen LogP contribution in [-0.2, 0) is 17.0 Å². The molecular weight excluding hydrogens is 340 g/mol. The van der Waals surface area contributed by atoms with Gasteiger partial charge in [-0.3, -0.25) is 9.36 Å². The standard InChI is InChI=1S/C18H16N2O4S/c1-3-9-20-16(21)13-6-4-5-7-14(13)19-18(20)25-11-12-8-10-24-15(12)17(22)23-2/h3-8,10H,1,9,11H2,2H3. The Morgan fingerprint density at radius 3 is 2.96 bits per heavy atom. The van der Waals surface area contributed by atoms with Gasteiger partial charge in [-0.1, -0.05) is 30.0 Å². The Morgan fingerprint density at radius 1 is 1.40 bits per heavy atom. The lowest BCUT2D eigenvalue weighted by atomic mass is 10.2. The molecule has 2 aromatic heterocycles. The van der Waals surface area contributed by atoms with Crippen molar-refractivity contribution in [3.63, 3.8) is 0 Å². The van der Waals surface area contributed by atoms with Gasteiger partial charge in [0, 0.05) is 17.9 Å². The highest BCUT2D eigenvalue weighted by molar-refractivity contribution is 7.98. The number of nitrogens with zero attached hydrogens (tertiary/aromatic N) is 2. The van der Waals surface area contributed by atoms with E-state index < -0.39 is 5.97 Å². The maximum atomic E-state index is 12.7. The number of furan rings is 1. The lowest BCUT2D eigenvalue weighted by molar-refractivity contribution is 0.0564. The van der Waals surface area contributed by atoms with E-state index in [1.807, 2.05) is 12.1 Å². The normalized spacial score (nSPS) is 10.8. The van der Waals surface area contributed by atoms with Crippen LogP contribution in [-0.4, -0.2) is 22.6 Å². The molecule has 25 heavy (non-hydrogen) atoms. The van der Waals surface area contributed by atoms with Gasteiger partial charge in [-0.15, -0.1) is 6.58 Å². The van der Waals surface area contributed by atoms with Crippen molar-refractivity contribution in [2.75, 3.05) is 7.11 Å². The molecule has 7 heteroatoms. The van der Waals surface area contributed by atoms with Crippen molar-refractivity contribution >= 4 is 28.6 Å². The zero-order valence-electron chi connectivity index (χ0n) is 13.6. The predicted molar refractivity (Wildman–Crippen MR) is 95.8 cm³/mol. The minimum atomic E-state index is -0.532. The number of aromatic nitrogens is 2. The molecule has 3 rings (SSSR count). The number of allylic oxidation sites excluding steroid dienone is 1. The molecule has 0 amide bonds. The summed E-state index contributed by atoms with van der Waals surface area (Å²) in [5.74, 6) is 0.0482. The number of rotatable bonds is 6. The molecular formula is C18H16N2O4S. The second kappa shape index (κ2) is 7.40. The molecule has 128 valence electrons. The van der Waals surface area contributed by atoms with Crippen LogP contribution in [0.25, 0.3) is 10.9 Å². The first-order chi connectivity index (χ1) is 12.2. The van der Waals surface area contributed by atoms with E-state index in [2.05, 4.69) is 11.6 Å². The smallest absolute Gasteiger partial charge is 0.374 e. The third-order valence-electron chi connectivity index (χ3n) is 3.61. The number of esters is 1. The van der Waals surface area contributed by atoms with Crippen LogP contribution in [0.4, 0.5) is 0 Å². The van der Waals surface area contributed by atoms with Crippen molar-refractivity contribution in [3.05, 3.63) is 70.9 Å². The van der Waals surface area contributed by atoms with Crippen molar-refractivity contribution in [2.24, 2.45) is 0 Å². The number of ether oxygens (including phenoxy) is 1. The number of carbonyl (C=O) groups excluding carboxylic acids is 1. The van der Waals surface area contributed by atoms with Gasteiger partial charge in [0.1, 0.15) is 0 Å². The summed E-state index contributed by atoms with van der Waals surface area (Å²) in [6.07, 6.45) is 3.09. The Kier molecular flexibility index (Phi) is 5.04. The van der Waals surface area contributed by atoms with Crippen LogP contribution in [0.1, 0.15) is 16.1 Å². The zero-order chi connectivity index (χ0) is 17.8. The van der Waals surface area contributed by atoms with Crippen LogP contribution >= 0.6 is 11.8 Å². The highest BCUT2D eigenvalue weighted by Crippen LogP contribution is 2.25. The van der Waals surface area contributed by atoms with E-state index in [1.165, 1.54) is 25.1 Å². The minimum Gasteiger partial charge on any atom is -0.463 e. The van der Waals surface area contributed by atoms with Crippen molar-refractivity contribution in [1.82, 2.24) is 9.55 Å². The van der Waals surface area contributed by atoms with Gasteiger partial charge in [0.15, 0.2) is 5.16 Å². The van der Waals surface area contributed by atoms with Gasteiger partial charge in [0.05, 0.1) is 24.3 Å². The first kappa shape index (κ1) is 17.0. The largest absolute Gasteiger partial charge is 0.463 e. The van der Waals surface area contributed by atoms with Crippen LogP contribution in [0.5, 0.6) is 0 Å². The maximum absolute atomic E-state index is 12.7. The summed E-state index contributed by atoms with van der Waals surface area (Å²) in [5, 5.41) is 1.12. The topological polar surface area (TPSA) is 74.3 Å². The van der Waals surface area contributed by atoms with E-state index >= 15 is 0 Å².